The molecule has 0 fully saturated rings. The molecule has 0 aliphatic carbocycles. The minimum absolute atomic E-state index is 0.413. The van der Waals surface area contributed by atoms with Crippen molar-refractivity contribution in [3.63, 3.8) is 0 Å². The normalized spacial score (nSPS) is 12.4. The van der Waals surface area contributed by atoms with E-state index < -0.39 is 17.4 Å². The fraction of sp³-hybridized carbons (Fsp3) is 0.682. The number of hydrogen-bond acceptors (Lipinski definition) is 6. The lowest BCUT2D eigenvalue weighted by Gasteiger charge is -2.36. The van der Waals surface area contributed by atoms with Gasteiger partial charge < -0.3 is 14.6 Å². The van der Waals surface area contributed by atoms with Gasteiger partial charge >= 0.3 is 6.09 Å². The minimum Gasteiger partial charge on any atom is -0.497 e. The molecule has 0 aliphatic heterocycles. The minimum atomic E-state index is -1.28. The summed E-state index contributed by atoms with van der Waals surface area (Å²) >= 11 is 1.69. The third-order valence-electron chi connectivity index (χ3n) is 3.93. The zero-order chi connectivity index (χ0) is 22.2. The molecule has 6 nitrogen and oxygen atoms in total. The number of nitrogens with zero attached hydrogens (tertiary/aromatic N) is 2. The van der Waals surface area contributed by atoms with Crippen molar-refractivity contribution >= 4 is 18.0 Å². The largest absolute Gasteiger partial charge is 0.497 e. The summed E-state index contributed by atoms with van der Waals surface area (Å²) in [5.74, 6) is 1.35. The Labute approximate surface area is 180 Å². The average molecular weight is 427 g/mol. The first-order valence-corrected chi connectivity index (χ1v) is 10.9. The van der Waals surface area contributed by atoms with Crippen LogP contribution in [0.15, 0.2) is 29.2 Å². The molecule has 29 heavy (non-hydrogen) atoms. The van der Waals surface area contributed by atoms with Crippen molar-refractivity contribution in [2.75, 3.05) is 26.7 Å². The van der Waals surface area contributed by atoms with Crippen LogP contribution in [0.2, 0.25) is 0 Å². The Hall–Kier alpha value is -1.44. The van der Waals surface area contributed by atoms with E-state index >= 15 is 0 Å². The number of ether oxygens (including phenoxy) is 2. The fourth-order valence-electron chi connectivity index (χ4n) is 2.68. The van der Waals surface area contributed by atoms with Crippen LogP contribution < -0.4 is 4.74 Å². The van der Waals surface area contributed by atoms with Crippen LogP contribution in [0.3, 0.4) is 0 Å². The summed E-state index contributed by atoms with van der Waals surface area (Å²) in [5.41, 5.74) is -1.89. The maximum atomic E-state index is 12.5. The van der Waals surface area contributed by atoms with Gasteiger partial charge in [0, 0.05) is 24.5 Å². The maximum Gasteiger partial charge on any atom is 0.412 e. The predicted molar refractivity (Wildman–Crippen MR) is 119 cm³/mol. The van der Waals surface area contributed by atoms with Gasteiger partial charge in [-0.05, 0) is 83.2 Å². The van der Waals surface area contributed by atoms with E-state index in [2.05, 4.69) is 18.2 Å². The Balaban J connectivity index is 2.73. The Morgan fingerprint density at radius 2 is 1.69 bits per heavy atom. The highest BCUT2D eigenvalue weighted by atomic mass is 32.2. The second-order valence-electron chi connectivity index (χ2n) is 9.03. The van der Waals surface area contributed by atoms with Crippen molar-refractivity contribution in [1.82, 2.24) is 9.21 Å². The topological polar surface area (TPSA) is 62.2 Å². The van der Waals surface area contributed by atoms with Crippen molar-refractivity contribution in [3.8, 4) is 5.75 Å². The summed E-state index contributed by atoms with van der Waals surface area (Å²) in [6.07, 6.45) is 0.224. The molecule has 7 heteroatoms. The van der Waals surface area contributed by atoms with Crippen molar-refractivity contribution in [3.05, 3.63) is 24.3 Å². The van der Waals surface area contributed by atoms with E-state index in [1.807, 2.05) is 45.0 Å². The molecule has 1 N–H and O–H groups in total. The van der Waals surface area contributed by atoms with Crippen LogP contribution in [0.25, 0.3) is 0 Å². The molecular formula is C22H38N2O4S. The summed E-state index contributed by atoms with van der Waals surface area (Å²) < 4.78 is 13.0. The number of methoxy groups -OCH3 is 1. The quantitative estimate of drug-likeness (QED) is 0.419. The van der Waals surface area contributed by atoms with Crippen molar-refractivity contribution < 1.29 is 19.4 Å². The number of amides is 1. The molecule has 1 rings (SSSR count). The summed E-state index contributed by atoms with van der Waals surface area (Å²) in [7, 11) is 1.66. The Bertz CT molecular complexity index is 621. The van der Waals surface area contributed by atoms with E-state index in [1.165, 1.54) is 4.90 Å². The number of hydrogen-bond donors (Lipinski definition) is 1. The van der Waals surface area contributed by atoms with Crippen LogP contribution >= 0.6 is 11.9 Å². The van der Waals surface area contributed by atoms with Crippen LogP contribution in [-0.2, 0) is 4.74 Å². The number of carbonyl (C=O) groups is 1. The number of aliphatic hydroxyl groups is 1. The number of rotatable bonds is 10. The van der Waals surface area contributed by atoms with Gasteiger partial charge in [0.25, 0.3) is 0 Å². The van der Waals surface area contributed by atoms with Gasteiger partial charge in [0.1, 0.15) is 17.1 Å². The van der Waals surface area contributed by atoms with Crippen LogP contribution in [-0.4, -0.2) is 58.5 Å². The summed E-state index contributed by atoms with van der Waals surface area (Å²) in [5, 5.41) is 10.4. The van der Waals surface area contributed by atoms with Crippen LogP contribution in [0.5, 0.6) is 5.75 Å². The van der Waals surface area contributed by atoms with E-state index in [0.717, 1.165) is 30.2 Å². The van der Waals surface area contributed by atoms with E-state index in [-0.39, 0.29) is 0 Å². The molecule has 166 valence electrons. The Morgan fingerprint density at radius 1 is 1.10 bits per heavy atom. The van der Waals surface area contributed by atoms with Gasteiger partial charge in [0.05, 0.1) is 7.11 Å². The van der Waals surface area contributed by atoms with Crippen LogP contribution in [0.4, 0.5) is 4.79 Å². The summed E-state index contributed by atoms with van der Waals surface area (Å²) in [6.45, 7) is 15.2. The molecular weight excluding hydrogens is 388 g/mol. The van der Waals surface area contributed by atoms with Crippen LogP contribution in [0.1, 0.15) is 54.9 Å². The zero-order valence-electron chi connectivity index (χ0n) is 19.2. The summed E-state index contributed by atoms with van der Waals surface area (Å²) in [4.78, 5) is 15.1. The van der Waals surface area contributed by atoms with E-state index in [1.54, 1.807) is 32.9 Å². The third-order valence-corrected chi connectivity index (χ3v) is 5.00. The molecule has 0 unspecified atom stereocenters. The first kappa shape index (κ1) is 25.6. The first-order valence-electron chi connectivity index (χ1n) is 10.1. The standard InChI is InChI=1S/C22H38N2O4S/c1-17(2)16-23(29-19-12-10-18(27-8)11-13-19)14-9-15-24(22(6,7)26)20(25)28-21(3,4)5/h10-13,17,26H,9,14-16H2,1-8H3. The molecule has 0 aliphatic rings. The predicted octanol–water partition coefficient (Wildman–Crippen LogP) is 5.02. The monoisotopic (exact) mass is 426 g/mol. The second kappa shape index (κ2) is 11.1. The number of carbonyl (C=O) groups excluding carboxylic acids is 1. The third kappa shape index (κ3) is 10.2. The molecule has 0 saturated heterocycles. The molecule has 1 amide bonds. The smallest absolute Gasteiger partial charge is 0.412 e. The zero-order valence-corrected chi connectivity index (χ0v) is 20.0. The molecule has 0 saturated carbocycles. The SMILES string of the molecule is COc1ccc(SN(CCCN(C(=O)OC(C)(C)C)C(C)(C)O)CC(C)C)cc1. The van der Waals surface area contributed by atoms with Gasteiger partial charge in [-0.15, -0.1) is 0 Å². The Kier molecular flexibility index (Phi) is 9.79. The van der Waals surface area contributed by atoms with E-state index in [4.69, 9.17) is 9.47 Å². The van der Waals surface area contributed by atoms with Gasteiger partial charge in [0.15, 0.2) is 0 Å². The van der Waals surface area contributed by atoms with Gasteiger partial charge in [-0.1, -0.05) is 13.8 Å². The average Bonchev–Trinajstić information content (AvgIpc) is 2.55. The number of benzene rings is 1. The molecule has 1 aromatic rings. The highest BCUT2D eigenvalue weighted by molar-refractivity contribution is 7.97. The van der Waals surface area contributed by atoms with E-state index in [0.29, 0.717) is 12.5 Å². The van der Waals surface area contributed by atoms with E-state index in [9.17, 15) is 9.90 Å². The molecule has 0 radical (unpaired) electrons. The Morgan fingerprint density at radius 3 is 2.14 bits per heavy atom. The van der Waals surface area contributed by atoms with Gasteiger partial charge in [0.2, 0.25) is 0 Å². The van der Waals surface area contributed by atoms with Crippen molar-refractivity contribution in [2.24, 2.45) is 5.92 Å². The lowest BCUT2D eigenvalue weighted by Crippen LogP contribution is -2.50. The summed E-state index contributed by atoms with van der Waals surface area (Å²) in [6, 6.07) is 7.99. The van der Waals surface area contributed by atoms with Gasteiger partial charge in [-0.3, -0.25) is 4.90 Å². The second-order valence-corrected chi connectivity index (χ2v) is 10.2. The first-order chi connectivity index (χ1) is 13.3. The fourth-order valence-corrected chi connectivity index (χ4v) is 3.83. The molecule has 1 aromatic carbocycles. The molecule has 0 spiro atoms. The highest BCUT2D eigenvalue weighted by Gasteiger charge is 2.32. The van der Waals surface area contributed by atoms with Gasteiger partial charge in [-0.2, -0.15) is 0 Å². The molecule has 0 heterocycles. The van der Waals surface area contributed by atoms with Crippen LogP contribution in [0, 0.1) is 5.92 Å². The van der Waals surface area contributed by atoms with Gasteiger partial charge in [-0.25, -0.2) is 9.10 Å². The maximum absolute atomic E-state index is 12.5. The molecule has 0 aromatic heterocycles. The lowest BCUT2D eigenvalue weighted by molar-refractivity contribution is -0.0827. The van der Waals surface area contributed by atoms with Crippen molar-refractivity contribution in [2.45, 2.75) is 71.1 Å². The molecule has 0 bridgehead atoms. The molecule has 0 atom stereocenters. The lowest BCUT2D eigenvalue weighted by atomic mass is 10.2. The highest BCUT2D eigenvalue weighted by Crippen LogP contribution is 2.26. The van der Waals surface area contributed by atoms with Crippen molar-refractivity contribution in [1.29, 1.82) is 0 Å².